The second-order valence-electron chi connectivity index (χ2n) is 7.74. The van der Waals surface area contributed by atoms with Gasteiger partial charge in [0, 0.05) is 11.1 Å². The normalized spacial score (nSPS) is 11.8. The van der Waals surface area contributed by atoms with Gasteiger partial charge in [0.2, 0.25) is 0 Å². The molecule has 1 atom stereocenters. The van der Waals surface area contributed by atoms with Gasteiger partial charge in [-0.15, -0.1) is 0 Å². The van der Waals surface area contributed by atoms with Gasteiger partial charge in [0.25, 0.3) is 0 Å². The van der Waals surface area contributed by atoms with E-state index in [2.05, 4.69) is 10.1 Å². The highest BCUT2D eigenvalue weighted by molar-refractivity contribution is 5.77. The number of hydrogen-bond donors (Lipinski definition) is 1. The van der Waals surface area contributed by atoms with E-state index in [-0.39, 0.29) is 13.2 Å². The fourth-order valence-corrected chi connectivity index (χ4v) is 3.52. The zero-order valence-corrected chi connectivity index (χ0v) is 18.1. The van der Waals surface area contributed by atoms with E-state index in [1.807, 2.05) is 92.7 Å². The van der Waals surface area contributed by atoms with Crippen molar-refractivity contribution < 1.29 is 9.84 Å². The molecule has 0 spiro atoms. The summed E-state index contributed by atoms with van der Waals surface area (Å²) < 4.78 is 6.96. The summed E-state index contributed by atoms with van der Waals surface area (Å²) in [5, 5.41) is 15.1. The van der Waals surface area contributed by atoms with Gasteiger partial charge in [-0.1, -0.05) is 78.4 Å². The lowest BCUT2D eigenvalue weighted by atomic mass is 10.0. The van der Waals surface area contributed by atoms with Crippen molar-refractivity contribution in [1.82, 2.24) is 14.8 Å². The summed E-state index contributed by atoms with van der Waals surface area (Å²) >= 11 is 0. The van der Waals surface area contributed by atoms with Crippen LogP contribution in [-0.4, -0.2) is 32.6 Å². The number of nitrogens with zero attached hydrogens (tertiary/aromatic N) is 3. The number of ether oxygens (including phenoxy) is 1. The van der Waals surface area contributed by atoms with Gasteiger partial charge in [-0.2, -0.15) is 10.1 Å². The van der Waals surface area contributed by atoms with Crippen molar-refractivity contribution >= 4 is 0 Å². The summed E-state index contributed by atoms with van der Waals surface area (Å²) in [7, 11) is 0. The molecule has 1 unspecified atom stereocenters. The fourth-order valence-electron chi connectivity index (χ4n) is 3.52. The Kier molecular flexibility index (Phi) is 6.42. The van der Waals surface area contributed by atoms with Crippen molar-refractivity contribution in [2.24, 2.45) is 0 Å². The average molecular weight is 428 g/mol. The van der Waals surface area contributed by atoms with Crippen molar-refractivity contribution in [3.05, 3.63) is 100 Å². The van der Waals surface area contributed by atoms with Crippen LogP contribution in [0.2, 0.25) is 0 Å². The van der Waals surface area contributed by atoms with Crippen molar-refractivity contribution in [1.29, 1.82) is 0 Å². The van der Waals surface area contributed by atoms with E-state index in [4.69, 9.17) is 4.74 Å². The number of benzene rings is 3. The molecule has 0 saturated carbocycles. The SMILES string of the molecule is Cc1ccc(OCC(O)Cn2nc(-c3ccccc3)c(-c3ccccc3)nc2=O)c(C)c1. The first-order chi connectivity index (χ1) is 15.5. The third-order valence-corrected chi connectivity index (χ3v) is 5.11. The molecule has 0 amide bonds. The van der Waals surface area contributed by atoms with Crippen molar-refractivity contribution in [2.75, 3.05) is 6.61 Å². The molecule has 1 N–H and O–H groups in total. The van der Waals surface area contributed by atoms with Gasteiger partial charge in [-0.05, 0) is 25.5 Å². The van der Waals surface area contributed by atoms with E-state index in [1.165, 1.54) is 4.68 Å². The number of aliphatic hydroxyl groups excluding tert-OH is 1. The predicted octanol–water partition coefficient (Wildman–Crippen LogP) is 4.03. The molecular formula is C26H25N3O3. The van der Waals surface area contributed by atoms with Gasteiger partial charge in [0.1, 0.15) is 29.8 Å². The van der Waals surface area contributed by atoms with E-state index in [0.29, 0.717) is 17.1 Å². The molecule has 32 heavy (non-hydrogen) atoms. The molecule has 3 aromatic carbocycles. The van der Waals surface area contributed by atoms with Crippen LogP contribution in [0.15, 0.2) is 83.7 Å². The highest BCUT2D eigenvalue weighted by Gasteiger charge is 2.17. The van der Waals surface area contributed by atoms with Crippen molar-refractivity contribution in [3.8, 4) is 28.3 Å². The van der Waals surface area contributed by atoms with Crippen LogP contribution in [0, 0.1) is 13.8 Å². The highest BCUT2D eigenvalue weighted by atomic mass is 16.5. The van der Waals surface area contributed by atoms with Crippen LogP contribution >= 0.6 is 0 Å². The number of rotatable bonds is 7. The molecule has 162 valence electrons. The van der Waals surface area contributed by atoms with Crippen LogP contribution < -0.4 is 10.4 Å². The summed E-state index contributed by atoms with van der Waals surface area (Å²) in [5.74, 6) is 0.706. The Morgan fingerprint density at radius 3 is 2.16 bits per heavy atom. The maximum absolute atomic E-state index is 12.7. The Bertz CT molecular complexity index is 1250. The van der Waals surface area contributed by atoms with Crippen LogP contribution in [0.25, 0.3) is 22.5 Å². The van der Waals surface area contributed by atoms with Gasteiger partial charge in [0.05, 0.1) is 6.54 Å². The molecule has 4 aromatic rings. The minimum absolute atomic E-state index is 0.0222. The maximum atomic E-state index is 12.7. The molecule has 0 aliphatic rings. The molecular weight excluding hydrogens is 402 g/mol. The smallest absolute Gasteiger partial charge is 0.364 e. The molecule has 1 heterocycles. The largest absolute Gasteiger partial charge is 0.491 e. The molecule has 0 fully saturated rings. The summed E-state index contributed by atoms with van der Waals surface area (Å²) in [6.45, 7) is 3.99. The first-order valence-corrected chi connectivity index (χ1v) is 10.5. The summed E-state index contributed by atoms with van der Waals surface area (Å²) in [6.07, 6.45) is -0.922. The van der Waals surface area contributed by atoms with Gasteiger partial charge < -0.3 is 9.84 Å². The number of aliphatic hydroxyl groups is 1. The van der Waals surface area contributed by atoms with E-state index in [1.54, 1.807) is 0 Å². The first-order valence-electron chi connectivity index (χ1n) is 10.5. The molecule has 0 aliphatic carbocycles. The topological polar surface area (TPSA) is 77.2 Å². The first kappa shape index (κ1) is 21.5. The average Bonchev–Trinajstić information content (AvgIpc) is 2.81. The maximum Gasteiger partial charge on any atom is 0.364 e. The summed E-state index contributed by atoms with van der Waals surface area (Å²) in [5.41, 5.74) is 4.36. The lowest BCUT2D eigenvalue weighted by Crippen LogP contribution is -2.34. The van der Waals surface area contributed by atoms with Crippen molar-refractivity contribution in [3.63, 3.8) is 0 Å². The summed E-state index contributed by atoms with van der Waals surface area (Å²) in [4.78, 5) is 17.0. The van der Waals surface area contributed by atoms with E-state index < -0.39 is 11.8 Å². The predicted molar refractivity (Wildman–Crippen MR) is 125 cm³/mol. The van der Waals surface area contributed by atoms with Crippen molar-refractivity contribution in [2.45, 2.75) is 26.5 Å². The number of aryl methyl sites for hydroxylation is 2. The van der Waals surface area contributed by atoms with Gasteiger partial charge in [-0.3, -0.25) is 0 Å². The molecule has 0 aliphatic heterocycles. The molecule has 0 saturated heterocycles. The Balaban J connectivity index is 1.61. The quantitative estimate of drug-likeness (QED) is 0.482. The number of hydrogen-bond acceptors (Lipinski definition) is 5. The van der Waals surface area contributed by atoms with E-state index in [0.717, 1.165) is 22.3 Å². The lowest BCUT2D eigenvalue weighted by molar-refractivity contribution is 0.0873. The second-order valence-corrected chi connectivity index (χ2v) is 7.74. The zero-order chi connectivity index (χ0) is 22.5. The molecule has 6 nitrogen and oxygen atoms in total. The van der Waals surface area contributed by atoms with E-state index in [9.17, 15) is 9.90 Å². The van der Waals surface area contributed by atoms with Crippen LogP contribution in [0.1, 0.15) is 11.1 Å². The van der Waals surface area contributed by atoms with Gasteiger partial charge >= 0.3 is 5.69 Å². The molecule has 1 aromatic heterocycles. The Morgan fingerprint density at radius 1 is 0.906 bits per heavy atom. The standard InChI is InChI=1S/C26H25N3O3/c1-18-13-14-23(19(2)15-18)32-17-22(30)16-29-26(31)27-24(20-9-5-3-6-10-20)25(28-29)21-11-7-4-8-12-21/h3-15,22,30H,16-17H2,1-2H3. The zero-order valence-electron chi connectivity index (χ0n) is 18.1. The van der Waals surface area contributed by atoms with Crippen LogP contribution in [-0.2, 0) is 6.54 Å². The summed E-state index contributed by atoms with van der Waals surface area (Å²) in [6, 6.07) is 24.9. The van der Waals surface area contributed by atoms with Gasteiger partial charge in [0.15, 0.2) is 0 Å². The molecule has 4 rings (SSSR count). The Morgan fingerprint density at radius 2 is 1.53 bits per heavy atom. The number of aromatic nitrogens is 3. The minimum atomic E-state index is -0.922. The monoisotopic (exact) mass is 427 g/mol. The minimum Gasteiger partial charge on any atom is -0.491 e. The van der Waals surface area contributed by atoms with Crippen LogP contribution in [0.5, 0.6) is 5.75 Å². The second kappa shape index (κ2) is 9.58. The van der Waals surface area contributed by atoms with E-state index >= 15 is 0 Å². The third-order valence-electron chi connectivity index (χ3n) is 5.11. The molecule has 0 bridgehead atoms. The third kappa shape index (κ3) is 4.92. The van der Waals surface area contributed by atoms with Crippen LogP contribution in [0.4, 0.5) is 0 Å². The highest BCUT2D eigenvalue weighted by Crippen LogP contribution is 2.27. The molecule has 6 heteroatoms. The fraction of sp³-hybridized carbons (Fsp3) is 0.192. The molecule has 0 radical (unpaired) electrons. The Hall–Kier alpha value is -3.77. The van der Waals surface area contributed by atoms with Gasteiger partial charge in [-0.25, -0.2) is 9.48 Å². The Labute approximate surface area is 186 Å². The van der Waals surface area contributed by atoms with Crippen LogP contribution in [0.3, 0.4) is 0 Å². The lowest BCUT2D eigenvalue weighted by Gasteiger charge is -2.16.